The zero-order chi connectivity index (χ0) is 9.68. The Kier molecular flexibility index (Phi) is 3.89. The van der Waals surface area contributed by atoms with Gasteiger partial charge in [-0.2, -0.15) is 0 Å². The molecule has 0 spiro atoms. The topological polar surface area (TPSA) is 38.1 Å². The van der Waals surface area contributed by atoms with E-state index in [1.807, 2.05) is 13.8 Å². The molecule has 0 aliphatic rings. The number of rotatable bonds is 5. The van der Waals surface area contributed by atoms with Crippen LogP contribution in [0.4, 0.5) is 4.39 Å². The molecule has 0 fully saturated rings. The molecule has 1 aromatic rings. The van der Waals surface area contributed by atoms with Gasteiger partial charge in [0.05, 0.1) is 18.9 Å². The summed E-state index contributed by atoms with van der Waals surface area (Å²) in [6.07, 6.45) is 2.21. The van der Waals surface area contributed by atoms with Gasteiger partial charge in [0.25, 0.3) is 0 Å². The van der Waals surface area contributed by atoms with Crippen molar-refractivity contribution in [2.24, 2.45) is 0 Å². The van der Waals surface area contributed by atoms with Crippen molar-refractivity contribution in [3.8, 4) is 0 Å². The van der Waals surface area contributed by atoms with Crippen LogP contribution < -0.4 is 5.32 Å². The summed E-state index contributed by atoms with van der Waals surface area (Å²) in [5.41, 5.74) is 0. The van der Waals surface area contributed by atoms with Crippen molar-refractivity contribution in [2.45, 2.75) is 26.3 Å². The quantitative estimate of drug-likeness (QED) is 0.715. The van der Waals surface area contributed by atoms with Crippen molar-refractivity contribution in [1.29, 1.82) is 0 Å². The second-order valence-electron chi connectivity index (χ2n) is 3.03. The molecule has 0 radical (unpaired) electrons. The van der Waals surface area contributed by atoms with Gasteiger partial charge in [-0.1, -0.05) is 0 Å². The number of aromatic nitrogens is 1. The van der Waals surface area contributed by atoms with E-state index in [1.54, 1.807) is 6.20 Å². The molecule has 1 heterocycles. The first kappa shape index (κ1) is 10.2. The minimum absolute atomic E-state index is 0.0558. The third-order valence-electron chi connectivity index (χ3n) is 1.77. The van der Waals surface area contributed by atoms with Crippen LogP contribution in [0.5, 0.6) is 0 Å². The lowest BCUT2D eigenvalue weighted by Gasteiger charge is -2.08. The molecule has 3 nitrogen and oxygen atoms in total. The van der Waals surface area contributed by atoms with Gasteiger partial charge in [-0.3, -0.25) is 4.39 Å². The summed E-state index contributed by atoms with van der Waals surface area (Å²) in [5.74, 6) is 1.46. The zero-order valence-electron chi connectivity index (χ0n) is 8.01. The Morgan fingerprint density at radius 2 is 2.46 bits per heavy atom. The Balaban J connectivity index is 2.35. The maximum absolute atomic E-state index is 11.8. The molecule has 0 saturated carbocycles. The van der Waals surface area contributed by atoms with Gasteiger partial charge < -0.3 is 9.73 Å². The fourth-order valence-electron chi connectivity index (χ4n) is 1.05. The average Bonchev–Trinajstić information content (AvgIpc) is 2.52. The Morgan fingerprint density at radius 3 is 3.00 bits per heavy atom. The first-order valence-electron chi connectivity index (χ1n) is 4.45. The van der Waals surface area contributed by atoms with Crippen LogP contribution >= 0.6 is 0 Å². The van der Waals surface area contributed by atoms with E-state index < -0.39 is 0 Å². The average molecular weight is 186 g/mol. The highest BCUT2D eigenvalue weighted by molar-refractivity contribution is 4.94. The van der Waals surface area contributed by atoms with Crippen LogP contribution in [-0.4, -0.2) is 18.2 Å². The predicted molar refractivity (Wildman–Crippen MR) is 48.2 cm³/mol. The Morgan fingerprint density at radius 1 is 1.69 bits per heavy atom. The number of hydrogen-bond acceptors (Lipinski definition) is 3. The summed E-state index contributed by atoms with van der Waals surface area (Å²) < 4.78 is 17.1. The highest BCUT2D eigenvalue weighted by Gasteiger charge is 2.09. The molecular formula is C9H15FN2O. The molecule has 0 aliphatic heterocycles. The van der Waals surface area contributed by atoms with Crippen LogP contribution in [0.1, 0.15) is 31.0 Å². The van der Waals surface area contributed by atoms with E-state index in [9.17, 15) is 4.39 Å². The van der Waals surface area contributed by atoms with Gasteiger partial charge in [0.2, 0.25) is 5.89 Å². The first-order chi connectivity index (χ1) is 6.24. The number of hydrogen-bond donors (Lipinski definition) is 1. The third kappa shape index (κ3) is 3.14. The minimum atomic E-state index is -0.287. The molecule has 0 bridgehead atoms. The highest BCUT2D eigenvalue weighted by atomic mass is 19.1. The van der Waals surface area contributed by atoms with Crippen molar-refractivity contribution < 1.29 is 8.81 Å². The summed E-state index contributed by atoms with van der Waals surface area (Å²) in [7, 11) is 0. The zero-order valence-corrected chi connectivity index (χ0v) is 8.01. The maximum Gasteiger partial charge on any atom is 0.211 e. The van der Waals surface area contributed by atoms with Crippen molar-refractivity contribution >= 4 is 0 Å². The van der Waals surface area contributed by atoms with Crippen LogP contribution in [0, 0.1) is 6.92 Å². The summed E-state index contributed by atoms with van der Waals surface area (Å²) in [5, 5.41) is 3.12. The summed E-state index contributed by atoms with van der Waals surface area (Å²) in [4.78, 5) is 4.07. The lowest BCUT2D eigenvalue weighted by molar-refractivity contribution is 0.388. The SMILES string of the molecule is Cc1cnc(C(C)NCCCF)o1. The summed E-state index contributed by atoms with van der Waals surface area (Å²) >= 11 is 0. The third-order valence-corrected chi connectivity index (χ3v) is 1.77. The van der Waals surface area contributed by atoms with E-state index in [0.717, 1.165) is 5.76 Å². The highest BCUT2D eigenvalue weighted by Crippen LogP contribution is 2.11. The second-order valence-corrected chi connectivity index (χ2v) is 3.03. The molecule has 0 amide bonds. The van der Waals surface area contributed by atoms with E-state index in [2.05, 4.69) is 10.3 Å². The molecule has 13 heavy (non-hydrogen) atoms. The Hall–Kier alpha value is -0.900. The van der Waals surface area contributed by atoms with Crippen LogP contribution in [0.3, 0.4) is 0 Å². The van der Waals surface area contributed by atoms with Gasteiger partial charge in [-0.25, -0.2) is 4.98 Å². The molecule has 1 rings (SSSR count). The van der Waals surface area contributed by atoms with Crippen molar-refractivity contribution in [3.63, 3.8) is 0 Å². The molecule has 74 valence electrons. The van der Waals surface area contributed by atoms with Gasteiger partial charge in [-0.15, -0.1) is 0 Å². The molecule has 1 atom stereocenters. The molecule has 0 aliphatic carbocycles. The van der Waals surface area contributed by atoms with E-state index in [1.165, 1.54) is 0 Å². The molecule has 0 saturated heterocycles. The normalized spacial score (nSPS) is 13.2. The lowest BCUT2D eigenvalue weighted by atomic mass is 10.3. The molecule has 4 heteroatoms. The van der Waals surface area contributed by atoms with Crippen LogP contribution in [-0.2, 0) is 0 Å². The maximum atomic E-state index is 11.8. The monoisotopic (exact) mass is 186 g/mol. The number of alkyl halides is 1. The van der Waals surface area contributed by atoms with Gasteiger partial charge in [0, 0.05) is 0 Å². The smallest absolute Gasteiger partial charge is 0.211 e. The number of nitrogens with zero attached hydrogens (tertiary/aromatic N) is 1. The van der Waals surface area contributed by atoms with Crippen LogP contribution in [0.25, 0.3) is 0 Å². The Labute approximate surface area is 77.4 Å². The van der Waals surface area contributed by atoms with Gasteiger partial charge in [0.1, 0.15) is 5.76 Å². The fraction of sp³-hybridized carbons (Fsp3) is 0.667. The van der Waals surface area contributed by atoms with Gasteiger partial charge in [-0.05, 0) is 26.8 Å². The van der Waals surface area contributed by atoms with E-state index in [4.69, 9.17) is 4.42 Å². The predicted octanol–water partition coefficient (Wildman–Crippen LogP) is 1.99. The second kappa shape index (κ2) is 4.97. The van der Waals surface area contributed by atoms with E-state index >= 15 is 0 Å². The Bertz CT molecular complexity index is 250. The molecular weight excluding hydrogens is 171 g/mol. The molecule has 1 N–H and O–H groups in total. The number of nitrogens with one attached hydrogen (secondary N) is 1. The van der Waals surface area contributed by atoms with Crippen molar-refractivity contribution in [3.05, 3.63) is 17.8 Å². The molecule has 1 aromatic heterocycles. The van der Waals surface area contributed by atoms with Crippen molar-refractivity contribution in [1.82, 2.24) is 10.3 Å². The van der Waals surface area contributed by atoms with E-state index in [-0.39, 0.29) is 12.7 Å². The lowest BCUT2D eigenvalue weighted by Crippen LogP contribution is -2.20. The number of halogens is 1. The number of aryl methyl sites for hydroxylation is 1. The van der Waals surface area contributed by atoms with Crippen LogP contribution in [0.15, 0.2) is 10.6 Å². The van der Waals surface area contributed by atoms with Gasteiger partial charge in [0.15, 0.2) is 0 Å². The molecule has 1 unspecified atom stereocenters. The van der Waals surface area contributed by atoms with Crippen molar-refractivity contribution in [2.75, 3.05) is 13.2 Å². The largest absolute Gasteiger partial charge is 0.444 e. The minimum Gasteiger partial charge on any atom is -0.444 e. The number of oxazole rings is 1. The van der Waals surface area contributed by atoms with E-state index in [0.29, 0.717) is 18.9 Å². The molecule has 0 aromatic carbocycles. The van der Waals surface area contributed by atoms with Gasteiger partial charge >= 0.3 is 0 Å². The fourth-order valence-corrected chi connectivity index (χ4v) is 1.05. The standard InChI is InChI=1S/C9H15FN2O/c1-7-6-12-9(13-7)8(2)11-5-3-4-10/h6,8,11H,3-5H2,1-2H3. The summed E-state index contributed by atoms with van der Waals surface area (Å²) in [6, 6.07) is 0.0558. The first-order valence-corrected chi connectivity index (χ1v) is 4.45. The summed E-state index contributed by atoms with van der Waals surface area (Å²) in [6.45, 7) is 4.16. The van der Waals surface area contributed by atoms with Crippen LogP contribution in [0.2, 0.25) is 0 Å².